The largest absolute Gasteiger partial charge is 0.541 e. The Labute approximate surface area is 466 Å². The lowest BCUT2D eigenvalue weighted by Crippen LogP contribution is -2.47. The summed E-state index contributed by atoms with van der Waals surface area (Å²) < 4.78 is 55.5. The minimum absolute atomic E-state index is 0.134. The molecule has 0 aromatic heterocycles. The van der Waals surface area contributed by atoms with Crippen LogP contribution in [-0.2, 0) is 0 Å². The van der Waals surface area contributed by atoms with Crippen LogP contribution >= 0.6 is 0 Å². The molecule has 0 heterocycles. The van der Waals surface area contributed by atoms with Crippen molar-refractivity contribution >= 4 is 72.6 Å². The molecule has 0 saturated carbocycles. The lowest BCUT2D eigenvalue weighted by Gasteiger charge is -2.42. The van der Waals surface area contributed by atoms with Gasteiger partial charge in [0.1, 0.15) is 34.5 Å². The van der Waals surface area contributed by atoms with E-state index in [-0.39, 0.29) is 47.1 Å². The van der Waals surface area contributed by atoms with Crippen molar-refractivity contribution in [2.24, 2.45) is 0 Å². The Hall–Kier alpha value is -3.82. The first kappa shape index (κ1) is 64.7. The Morgan fingerprint density at radius 2 is 0.605 bits per heavy atom. The van der Waals surface area contributed by atoms with Crippen LogP contribution in [0, 0.1) is 0 Å². The van der Waals surface area contributed by atoms with Gasteiger partial charge in [0.2, 0.25) is 0 Å². The number of fused-ring (bicyclic) bond motifs is 1. The highest BCUT2D eigenvalue weighted by Crippen LogP contribution is 2.53. The number of rotatable bonds is 16. The summed E-state index contributed by atoms with van der Waals surface area (Å²) in [6, 6.07) is 17.9. The molecule has 0 aliphatic heterocycles. The SMILES string of the molecule is CC(C)(C)[Si](C)(C)Oc1cc(C(=O)Oc2ccc3cccc(OC(=O)c4cc(O[Si](C)(C)C(C)(C)C)c(O[Si](C)(C)C(C)(C)C)c(O[Si](C)(C)C(C)(C)C)c4)c3c2)cc(O[Si](C)(C)C(C)(C)C)c1O[Si](C)(C)C(C)(C)C. The van der Waals surface area contributed by atoms with Gasteiger partial charge in [0, 0.05) is 5.39 Å². The summed E-state index contributed by atoms with van der Waals surface area (Å²) in [7, 11) is -15.0. The van der Waals surface area contributed by atoms with Gasteiger partial charge in [0.05, 0.1) is 11.1 Å². The maximum atomic E-state index is 14.8. The molecule has 0 bridgehead atoms. The summed E-state index contributed by atoms with van der Waals surface area (Å²) in [4.78, 5) is 29.5. The molecule has 424 valence electrons. The Morgan fingerprint density at radius 1 is 0.329 bits per heavy atom. The Bertz CT molecular complexity index is 2670. The molecular formula is C60H100O10Si6. The van der Waals surface area contributed by atoms with Crippen molar-refractivity contribution in [2.75, 3.05) is 0 Å². The van der Waals surface area contributed by atoms with E-state index in [2.05, 4.69) is 203 Å². The molecule has 0 unspecified atom stereocenters. The van der Waals surface area contributed by atoms with E-state index in [9.17, 15) is 9.59 Å². The number of carbonyl (C=O) groups is 2. The third kappa shape index (κ3) is 14.7. The summed E-state index contributed by atoms with van der Waals surface area (Å²) in [5.41, 5.74) is 0.522. The molecule has 0 N–H and O–H groups in total. The summed E-state index contributed by atoms with van der Waals surface area (Å²) in [6.45, 7) is 65.8. The van der Waals surface area contributed by atoms with Gasteiger partial charge >= 0.3 is 11.9 Å². The van der Waals surface area contributed by atoms with Crippen LogP contribution in [0.4, 0.5) is 0 Å². The first-order chi connectivity index (χ1) is 33.7. The van der Waals surface area contributed by atoms with Crippen LogP contribution in [-0.4, -0.2) is 61.8 Å². The lowest BCUT2D eigenvalue weighted by atomic mass is 10.1. The number of esters is 2. The van der Waals surface area contributed by atoms with Crippen LogP contribution in [0.15, 0.2) is 60.7 Å². The van der Waals surface area contributed by atoms with Gasteiger partial charge < -0.3 is 36.0 Å². The van der Waals surface area contributed by atoms with E-state index in [4.69, 9.17) is 36.0 Å². The van der Waals surface area contributed by atoms with Crippen molar-refractivity contribution in [3.63, 3.8) is 0 Å². The maximum absolute atomic E-state index is 14.8. The number of hydrogen-bond donors (Lipinski definition) is 0. The molecule has 0 saturated heterocycles. The summed E-state index contributed by atoms with van der Waals surface area (Å²) in [5, 5.41) is 0.460. The maximum Gasteiger partial charge on any atom is 0.343 e. The fourth-order valence-electron chi connectivity index (χ4n) is 6.12. The molecule has 0 fully saturated rings. The van der Waals surface area contributed by atoms with Gasteiger partial charge in [0.15, 0.2) is 11.5 Å². The fourth-order valence-corrected chi connectivity index (χ4v) is 12.2. The molecule has 4 rings (SSSR count). The quantitative estimate of drug-likeness (QED) is 0.0611. The minimum Gasteiger partial charge on any atom is -0.541 e. The first-order valence-electron chi connectivity index (χ1n) is 27.2. The lowest BCUT2D eigenvalue weighted by molar-refractivity contribution is 0.0723. The van der Waals surface area contributed by atoms with Crippen molar-refractivity contribution in [1.29, 1.82) is 0 Å². The smallest absolute Gasteiger partial charge is 0.343 e. The number of carbonyl (C=O) groups excluding carboxylic acids is 2. The monoisotopic (exact) mass is 1150 g/mol. The predicted molar refractivity (Wildman–Crippen MR) is 334 cm³/mol. The second-order valence-corrected chi connectivity index (χ2v) is 58.5. The Morgan fingerprint density at radius 3 is 0.895 bits per heavy atom. The van der Waals surface area contributed by atoms with E-state index >= 15 is 0 Å². The van der Waals surface area contributed by atoms with Crippen molar-refractivity contribution in [1.82, 2.24) is 0 Å². The highest BCUT2D eigenvalue weighted by atomic mass is 28.4. The molecule has 0 spiro atoms. The van der Waals surface area contributed by atoms with Crippen LogP contribution in [0.2, 0.25) is 109 Å². The summed E-state index contributed by atoms with van der Waals surface area (Å²) in [6.07, 6.45) is 0. The summed E-state index contributed by atoms with van der Waals surface area (Å²) >= 11 is 0. The fraction of sp³-hybridized carbons (Fsp3) is 0.600. The highest BCUT2D eigenvalue weighted by Gasteiger charge is 2.48. The molecule has 0 aliphatic carbocycles. The topological polar surface area (TPSA) is 108 Å². The van der Waals surface area contributed by atoms with Crippen LogP contribution in [0.1, 0.15) is 145 Å². The summed E-state index contributed by atoms with van der Waals surface area (Å²) in [5.74, 6) is 2.32. The molecule has 0 aliphatic rings. The predicted octanol–water partition coefficient (Wildman–Crippen LogP) is 19.6. The second-order valence-electron chi connectivity index (χ2n) is 30.2. The van der Waals surface area contributed by atoms with Crippen molar-refractivity contribution in [3.05, 3.63) is 71.8 Å². The highest BCUT2D eigenvalue weighted by molar-refractivity contribution is 6.77. The molecule has 4 aromatic rings. The van der Waals surface area contributed by atoms with Gasteiger partial charge in [-0.3, -0.25) is 0 Å². The average molecular weight is 1150 g/mol. The van der Waals surface area contributed by atoms with E-state index in [1.165, 1.54) is 0 Å². The zero-order valence-corrected chi connectivity index (χ0v) is 58.9. The van der Waals surface area contributed by atoms with E-state index in [1.54, 1.807) is 42.5 Å². The molecule has 0 radical (unpaired) electrons. The van der Waals surface area contributed by atoms with E-state index in [1.807, 2.05) is 18.2 Å². The van der Waals surface area contributed by atoms with Gasteiger partial charge in [-0.2, -0.15) is 0 Å². The van der Waals surface area contributed by atoms with Gasteiger partial charge in [-0.05, 0) is 157 Å². The van der Waals surface area contributed by atoms with E-state index in [0.717, 1.165) is 5.39 Å². The van der Waals surface area contributed by atoms with E-state index in [0.29, 0.717) is 45.6 Å². The average Bonchev–Trinajstić information content (AvgIpc) is 3.20. The molecule has 10 nitrogen and oxygen atoms in total. The van der Waals surface area contributed by atoms with Crippen LogP contribution in [0.3, 0.4) is 0 Å². The Balaban J connectivity index is 1.92. The third-order valence-electron chi connectivity index (χ3n) is 17.8. The van der Waals surface area contributed by atoms with Gasteiger partial charge in [-0.1, -0.05) is 143 Å². The molecule has 4 aromatic carbocycles. The van der Waals surface area contributed by atoms with Crippen molar-refractivity contribution < 1.29 is 45.6 Å². The number of benzene rings is 4. The van der Waals surface area contributed by atoms with Gasteiger partial charge in [-0.25, -0.2) is 9.59 Å². The van der Waals surface area contributed by atoms with Crippen molar-refractivity contribution in [2.45, 2.75) is 233 Å². The number of ether oxygens (including phenoxy) is 2. The van der Waals surface area contributed by atoms with Crippen molar-refractivity contribution in [3.8, 4) is 46.0 Å². The zero-order valence-electron chi connectivity index (χ0n) is 52.9. The Kier molecular flexibility index (Phi) is 18.2. The number of hydrogen-bond acceptors (Lipinski definition) is 10. The van der Waals surface area contributed by atoms with Crippen LogP contribution in [0.5, 0.6) is 46.0 Å². The second kappa shape index (κ2) is 21.3. The molecule has 0 atom stereocenters. The van der Waals surface area contributed by atoms with Crippen LogP contribution < -0.4 is 36.0 Å². The molecule has 0 amide bonds. The van der Waals surface area contributed by atoms with Crippen LogP contribution in [0.25, 0.3) is 10.8 Å². The molecule has 16 heteroatoms. The standard InChI is InChI=1S/C60H100O10Si6/c1-55(2,3)71(19,20)65-47-36-42(37-48(66-72(21,22)56(4,5)6)51(47)69-75(27,28)59(13,14)15)53(61)63-44-35-34-41-32-31-33-46(45(41)40-44)64-54(62)43-38-49(67-73(23,24)57(7,8)9)52(70-76(29,30)60(16,17)18)50(39-43)68-74(25,26)58(10,11)12/h31-40H,1-30H3. The van der Waals surface area contributed by atoms with E-state index < -0.39 is 61.8 Å². The zero-order chi connectivity index (χ0) is 58.8. The first-order valence-corrected chi connectivity index (χ1v) is 44.7. The molecular weight excluding hydrogens is 1050 g/mol. The minimum atomic E-state index is -2.51. The van der Waals surface area contributed by atoms with Gasteiger partial charge in [0.25, 0.3) is 49.9 Å². The normalized spacial score (nSPS) is 14.0. The molecule has 76 heavy (non-hydrogen) atoms. The third-order valence-corrected chi connectivity index (χ3v) is 43.8. The van der Waals surface area contributed by atoms with Gasteiger partial charge in [-0.15, -0.1) is 0 Å².